The van der Waals surface area contributed by atoms with Gasteiger partial charge >= 0.3 is 0 Å². The lowest BCUT2D eigenvalue weighted by molar-refractivity contribution is 0.153. The fourth-order valence-electron chi connectivity index (χ4n) is 14.6. The number of para-hydroxylation sites is 2. The predicted octanol–water partition coefficient (Wildman–Crippen LogP) is 11.8. The fourth-order valence-corrected chi connectivity index (χ4v) is 14.6. The summed E-state index contributed by atoms with van der Waals surface area (Å²) in [4.78, 5) is 2.77. The summed E-state index contributed by atoms with van der Waals surface area (Å²) in [5.41, 5.74) is 12.5. The summed E-state index contributed by atoms with van der Waals surface area (Å²) in [7, 11) is 0. The predicted molar refractivity (Wildman–Crippen MR) is 258 cm³/mol. The summed E-state index contributed by atoms with van der Waals surface area (Å²) in [6.07, 6.45) is 30.4. The van der Waals surface area contributed by atoms with E-state index in [9.17, 15) is 5.26 Å². The zero-order valence-corrected chi connectivity index (χ0v) is 37.6. The minimum absolute atomic E-state index is 0.0278. The van der Waals surface area contributed by atoms with Crippen molar-refractivity contribution in [2.24, 2.45) is 35.0 Å². The number of hydrogen-bond acceptors (Lipinski definition) is 5. The monoisotopic (exact) mass is 833 g/mol. The first-order valence-electron chi connectivity index (χ1n) is 24.5. The van der Waals surface area contributed by atoms with Crippen molar-refractivity contribution in [2.75, 3.05) is 4.90 Å². The Labute approximate surface area is 374 Å². The Hall–Kier alpha value is -4.93. The number of nitriles is 1. The Morgan fingerprint density at radius 2 is 1.60 bits per heavy atom. The Morgan fingerprint density at radius 1 is 0.825 bits per heavy atom. The van der Waals surface area contributed by atoms with Crippen LogP contribution in [0.3, 0.4) is 0 Å². The van der Waals surface area contributed by atoms with Gasteiger partial charge in [-0.3, -0.25) is 16.0 Å². The summed E-state index contributed by atoms with van der Waals surface area (Å²) in [5, 5.41) is 26.6. The van der Waals surface area contributed by atoms with E-state index in [1.54, 1.807) is 5.57 Å². The zero-order chi connectivity index (χ0) is 42.6. The number of nitrogens with zero attached hydrogens (tertiary/aromatic N) is 3. The van der Waals surface area contributed by atoms with Crippen molar-refractivity contribution < 1.29 is 0 Å². The van der Waals surface area contributed by atoms with E-state index < -0.39 is 0 Å². The number of hydrogen-bond donors (Lipinski definition) is 3. The summed E-state index contributed by atoms with van der Waals surface area (Å²) < 4.78 is 2.53. The van der Waals surface area contributed by atoms with Gasteiger partial charge in [0.15, 0.2) is 0 Å². The van der Waals surface area contributed by atoms with Gasteiger partial charge in [-0.2, -0.15) is 5.26 Å². The number of aromatic nitrogens is 1. The minimum atomic E-state index is -0.317. The lowest BCUT2D eigenvalue weighted by Gasteiger charge is -2.49. The van der Waals surface area contributed by atoms with Gasteiger partial charge in [-0.1, -0.05) is 141 Å². The van der Waals surface area contributed by atoms with Crippen LogP contribution in [0.2, 0.25) is 0 Å². The molecule has 0 spiro atoms. The maximum absolute atomic E-state index is 11.4. The normalized spacial score (nSPS) is 35.5. The Kier molecular flexibility index (Phi) is 9.67. The molecule has 3 fully saturated rings. The summed E-state index contributed by atoms with van der Waals surface area (Å²) in [6.45, 7) is 9.62. The molecule has 6 nitrogen and oxygen atoms in total. The van der Waals surface area contributed by atoms with Gasteiger partial charge in [0.2, 0.25) is 0 Å². The maximum Gasteiger partial charge on any atom is 0.0856 e. The van der Waals surface area contributed by atoms with Crippen LogP contribution in [0.15, 0.2) is 138 Å². The highest BCUT2D eigenvalue weighted by atomic mass is 15.4. The van der Waals surface area contributed by atoms with E-state index in [0.717, 1.165) is 37.0 Å². The fraction of sp³-hybridized carbons (Fsp3) is 0.456. The van der Waals surface area contributed by atoms with E-state index in [-0.39, 0.29) is 53.9 Å². The second-order valence-corrected chi connectivity index (χ2v) is 21.1. The number of benzene rings is 3. The lowest BCUT2D eigenvalue weighted by atomic mass is 9.70. The highest BCUT2D eigenvalue weighted by Crippen LogP contribution is 2.62. The van der Waals surface area contributed by atoms with Gasteiger partial charge in [0.1, 0.15) is 0 Å². The summed E-state index contributed by atoms with van der Waals surface area (Å²) in [5.74, 6) is 2.77. The number of rotatable bonds is 5. The first-order chi connectivity index (χ1) is 30.8. The third-order valence-electron chi connectivity index (χ3n) is 17.4. The van der Waals surface area contributed by atoms with Crippen molar-refractivity contribution in [2.45, 2.75) is 128 Å². The van der Waals surface area contributed by atoms with E-state index in [1.807, 2.05) is 0 Å². The Balaban J connectivity index is 0.999. The zero-order valence-electron chi connectivity index (χ0n) is 37.6. The van der Waals surface area contributed by atoms with Crippen molar-refractivity contribution in [3.8, 4) is 6.07 Å². The molecule has 3 N–H and O–H groups in total. The SMILES string of the molecule is CC1=CC2c3cc(C)ccc3N(C3CC(n4c5ccccc5c5ccccc54)C(C#N)C=C3C3NC(C4=CC=CCC4)NC(C4C=C5C(CC4)C4CCCCC4C5(C)C)N3)C2C=C1. The van der Waals surface area contributed by atoms with Gasteiger partial charge in [0.05, 0.1) is 48.6 Å². The van der Waals surface area contributed by atoms with Gasteiger partial charge in [-0.25, -0.2) is 0 Å². The number of anilines is 1. The molecule has 0 bridgehead atoms. The first-order valence-corrected chi connectivity index (χ1v) is 24.5. The maximum atomic E-state index is 11.4. The smallest absolute Gasteiger partial charge is 0.0856 e. The second-order valence-electron chi connectivity index (χ2n) is 21.1. The molecule has 12 rings (SSSR count). The third-order valence-corrected chi connectivity index (χ3v) is 17.4. The van der Waals surface area contributed by atoms with Crippen molar-refractivity contribution in [3.63, 3.8) is 0 Å². The van der Waals surface area contributed by atoms with Crippen LogP contribution in [0, 0.1) is 53.3 Å². The average molecular weight is 833 g/mol. The minimum Gasteiger partial charge on any atom is -0.357 e. The number of nitrogens with one attached hydrogen (secondary N) is 3. The highest BCUT2D eigenvalue weighted by molar-refractivity contribution is 6.08. The van der Waals surface area contributed by atoms with Gasteiger partial charge in [0.25, 0.3) is 0 Å². The van der Waals surface area contributed by atoms with E-state index in [0.29, 0.717) is 5.92 Å². The molecule has 12 atom stereocenters. The van der Waals surface area contributed by atoms with Crippen LogP contribution in [0.25, 0.3) is 21.8 Å². The van der Waals surface area contributed by atoms with Crippen molar-refractivity contribution in [1.82, 2.24) is 20.5 Å². The van der Waals surface area contributed by atoms with Gasteiger partial charge in [0, 0.05) is 39.3 Å². The van der Waals surface area contributed by atoms with Gasteiger partial charge in [-0.05, 0) is 117 Å². The molecule has 1 aromatic heterocycles. The summed E-state index contributed by atoms with van der Waals surface area (Å²) >= 11 is 0. The quantitative estimate of drug-likeness (QED) is 0.175. The topological polar surface area (TPSA) is 68.0 Å². The molecule has 8 aliphatic rings. The average Bonchev–Trinajstić information content (AvgIpc) is 3.90. The molecule has 12 unspecified atom stereocenters. The van der Waals surface area contributed by atoms with E-state index in [2.05, 4.69) is 175 Å². The number of aryl methyl sites for hydroxylation is 1. The molecule has 0 radical (unpaired) electrons. The van der Waals surface area contributed by atoms with Crippen LogP contribution in [0.5, 0.6) is 0 Å². The number of allylic oxidation sites excluding steroid dienone is 7. The molecule has 63 heavy (non-hydrogen) atoms. The summed E-state index contributed by atoms with van der Waals surface area (Å²) in [6, 6.07) is 27.9. The molecule has 2 aliphatic heterocycles. The molecule has 6 heteroatoms. The van der Waals surface area contributed by atoms with E-state index in [4.69, 9.17) is 0 Å². The third kappa shape index (κ3) is 6.35. The van der Waals surface area contributed by atoms with Crippen LogP contribution in [0.4, 0.5) is 5.69 Å². The number of fused-ring (bicyclic) bond motifs is 9. The van der Waals surface area contributed by atoms with E-state index >= 15 is 0 Å². The molecular weight excluding hydrogens is 769 g/mol. The lowest BCUT2D eigenvalue weighted by Crippen LogP contribution is -2.71. The standard InChI is InChI=1S/C57H64N6/c1-34-22-26-50-43(28-34)44-29-35(2)23-27-51(44)63(50)53-32-52(62-48-20-12-9-17-41(48)42-18-10-13-21-49(42)62)38(33-58)30-45(53)56-60-54(36-14-6-5-7-15-36)59-55(61-56)37-24-25-40-39-16-8-11-19-46(39)57(3,4)47(40)31-37/h5-6,9-10,12-14,17-18,20-23,26-31,37-40,43,46,50,52-56,59-61H,7-8,11,15-16,19,24-25,32H2,1-4H3. The van der Waals surface area contributed by atoms with Crippen LogP contribution < -0.4 is 20.9 Å². The molecule has 4 aromatic rings. The van der Waals surface area contributed by atoms with Crippen LogP contribution >= 0.6 is 0 Å². The molecular formula is C57H64N6. The van der Waals surface area contributed by atoms with Crippen LogP contribution in [0.1, 0.15) is 102 Å². The molecule has 0 amide bonds. The molecule has 1 saturated heterocycles. The van der Waals surface area contributed by atoms with Crippen molar-refractivity contribution in [1.29, 1.82) is 5.26 Å². The largest absolute Gasteiger partial charge is 0.357 e. The van der Waals surface area contributed by atoms with Crippen LogP contribution in [-0.4, -0.2) is 35.1 Å². The molecule has 6 aliphatic carbocycles. The molecule has 3 heterocycles. The Bertz CT molecular complexity index is 2660. The van der Waals surface area contributed by atoms with Gasteiger partial charge in [-0.15, -0.1) is 0 Å². The van der Waals surface area contributed by atoms with Crippen molar-refractivity contribution >= 4 is 27.5 Å². The van der Waals surface area contributed by atoms with E-state index in [1.165, 1.54) is 93.9 Å². The van der Waals surface area contributed by atoms with Crippen molar-refractivity contribution in [3.05, 3.63) is 149 Å². The van der Waals surface area contributed by atoms with Gasteiger partial charge < -0.3 is 9.47 Å². The second kappa shape index (κ2) is 15.4. The first kappa shape index (κ1) is 39.6. The Morgan fingerprint density at radius 3 is 2.38 bits per heavy atom. The highest BCUT2D eigenvalue weighted by Gasteiger charge is 2.54. The molecule has 3 aromatic carbocycles. The molecule has 2 saturated carbocycles. The van der Waals surface area contributed by atoms with Crippen LogP contribution in [-0.2, 0) is 0 Å². The molecule has 322 valence electrons.